The molecule has 0 rings (SSSR count). The third kappa shape index (κ3) is 2650. The van der Waals surface area contributed by atoms with Crippen molar-refractivity contribution in [2.45, 2.75) is 62.3 Å². The third-order valence-corrected chi connectivity index (χ3v) is 0. The normalized spacial score (nSPS) is 10.8. The molecule has 18 heavy (non-hydrogen) atoms. The van der Waals surface area contributed by atoms with Gasteiger partial charge in [-0.2, -0.15) is 16.2 Å². The van der Waals surface area contributed by atoms with E-state index in [9.17, 15) is 0 Å². The van der Waals surface area contributed by atoms with Crippen LogP contribution in [0, 0.1) is 37.0 Å². The molecular formula is C15H33Cl2Ta-3. The van der Waals surface area contributed by atoms with Gasteiger partial charge < -0.3 is 20.8 Å². The summed E-state index contributed by atoms with van der Waals surface area (Å²) in [6.45, 7) is 30.0. The monoisotopic (exact) mass is 464 g/mol. The molecule has 0 aliphatic rings. The summed E-state index contributed by atoms with van der Waals surface area (Å²) in [5.74, 6) is 0. The molecule has 0 unspecified atom stereocenters. The fourth-order valence-corrected chi connectivity index (χ4v) is 0. The van der Waals surface area contributed by atoms with Crippen molar-refractivity contribution in [1.82, 2.24) is 0 Å². The first-order chi connectivity index (χ1) is 7.41. The topological polar surface area (TPSA) is 0 Å². The molecule has 0 aliphatic carbocycles. The quantitative estimate of drug-likeness (QED) is 0.339. The number of rotatable bonds is 0. The molecule has 115 valence electrons. The second kappa shape index (κ2) is 13.3. The zero-order valence-electron chi connectivity index (χ0n) is 13.8. The maximum atomic E-state index is 4.94. The SMILES string of the molecule is [CH2-]C(C)(C)C.[CH2-]C(C)(C)C.[CH2-]C(C)(C)C.[Cl][Ta][Cl]. The molecule has 0 atom stereocenters. The van der Waals surface area contributed by atoms with Crippen molar-refractivity contribution >= 4 is 18.4 Å². The molecule has 3 heteroatoms. The Balaban J connectivity index is -0.0000000739. The molecule has 0 fully saturated rings. The summed E-state index contributed by atoms with van der Waals surface area (Å²) < 4.78 is 0. The van der Waals surface area contributed by atoms with Gasteiger partial charge in [0, 0.05) is 0 Å². The molecule has 0 amide bonds. The zero-order valence-corrected chi connectivity index (χ0v) is 18.5. The number of hydrogen-bond acceptors (Lipinski definition) is 0. The molecule has 0 aromatic carbocycles. The Kier molecular flexibility index (Phi) is 20.4. The van der Waals surface area contributed by atoms with Crippen LogP contribution in [0.4, 0.5) is 0 Å². The first-order valence-electron chi connectivity index (χ1n) is 5.90. The fourth-order valence-electron chi connectivity index (χ4n) is 0. The van der Waals surface area contributed by atoms with Crippen LogP contribution in [-0.2, 0) is 17.6 Å². The Hall–Kier alpha value is 1.32. The van der Waals surface area contributed by atoms with E-state index in [1.54, 1.807) is 0 Å². The summed E-state index contributed by atoms with van der Waals surface area (Å²) in [5, 5.41) is 0. The van der Waals surface area contributed by atoms with Gasteiger partial charge in [0.25, 0.3) is 0 Å². The van der Waals surface area contributed by atoms with E-state index in [0.717, 1.165) is 0 Å². The minimum atomic E-state index is -0.889. The Morgan fingerprint density at radius 2 is 0.556 bits per heavy atom. The molecule has 0 aromatic rings. The fraction of sp³-hybridized carbons (Fsp3) is 0.800. The number of hydrogen-bond donors (Lipinski definition) is 0. The van der Waals surface area contributed by atoms with E-state index in [4.69, 9.17) is 18.4 Å². The van der Waals surface area contributed by atoms with E-state index in [2.05, 4.69) is 83.1 Å². The molecule has 0 N–H and O–H groups in total. The van der Waals surface area contributed by atoms with Crippen LogP contribution in [0.1, 0.15) is 62.3 Å². The standard InChI is InChI=1S/3C5H11.2ClH.Ta/c3*1-5(2,3)4;;;/h3*1H2,2-4H3;2*1H;/q3*-1;;;+2/p-2. The summed E-state index contributed by atoms with van der Waals surface area (Å²) in [6.07, 6.45) is 0. The molecule has 0 radical (unpaired) electrons. The van der Waals surface area contributed by atoms with Crippen LogP contribution < -0.4 is 0 Å². The van der Waals surface area contributed by atoms with Crippen molar-refractivity contribution in [2.75, 3.05) is 0 Å². The van der Waals surface area contributed by atoms with Crippen molar-refractivity contribution in [3.05, 3.63) is 20.8 Å². The van der Waals surface area contributed by atoms with Crippen LogP contribution in [0.2, 0.25) is 0 Å². The van der Waals surface area contributed by atoms with E-state index >= 15 is 0 Å². The molecular weight excluding hydrogens is 432 g/mol. The maximum absolute atomic E-state index is 4.94. The van der Waals surface area contributed by atoms with Crippen LogP contribution in [0.3, 0.4) is 0 Å². The Bertz CT molecular complexity index is 101. The van der Waals surface area contributed by atoms with Gasteiger partial charge in [-0.1, -0.05) is 62.3 Å². The van der Waals surface area contributed by atoms with Crippen LogP contribution in [0.5, 0.6) is 0 Å². The van der Waals surface area contributed by atoms with Crippen molar-refractivity contribution in [3.63, 3.8) is 0 Å². The van der Waals surface area contributed by atoms with E-state index < -0.39 is 17.6 Å². The van der Waals surface area contributed by atoms with Crippen LogP contribution >= 0.6 is 18.4 Å². The van der Waals surface area contributed by atoms with Crippen LogP contribution in [0.25, 0.3) is 0 Å². The van der Waals surface area contributed by atoms with Gasteiger partial charge >= 0.3 is 36.0 Å². The first kappa shape index (κ1) is 27.6. The van der Waals surface area contributed by atoms with E-state index in [0.29, 0.717) is 0 Å². The molecule has 0 aromatic heterocycles. The Morgan fingerprint density at radius 1 is 0.556 bits per heavy atom. The molecule has 0 heterocycles. The summed E-state index contributed by atoms with van der Waals surface area (Å²) in [7, 11) is 9.89. The summed E-state index contributed by atoms with van der Waals surface area (Å²) >= 11 is -0.889. The summed E-state index contributed by atoms with van der Waals surface area (Å²) in [4.78, 5) is 0. The van der Waals surface area contributed by atoms with Gasteiger partial charge in [-0.3, -0.25) is 0 Å². The summed E-state index contributed by atoms with van der Waals surface area (Å²) in [5.41, 5.74) is 0.750. The second-order valence-corrected chi connectivity index (χ2v) is 12.4. The van der Waals surface area contributed by atoms with Gasteiger partial charge in [0.1, 0.15) is 0 Å². The van der Waals surface area contributed by atoms with Gasteiger partial charge in [0.15, 0.2) is 0 Å². The van der Waals surface area contributed by atoms with Gasteiger partial charge in [-0.25, -0.2) is 0 Å². The van der Waals surface area contributed by atoms with Gasteiger partial charge in [0.05, 0.1) is 0 Å². The van der Waals surface area contributed by atoms with Crippen LogP contribution in [-0.4, -0.2) is 0 Å². The van der Waals surface area contributed by atoms with Gasteiger partial charge in [-0.05, 0) is 0 Å². The van der Waals surface area contributed by atoms with E-state index in [1.165, 1.54) is 0 Å². The van der Waals surface area contributed by atoms with Crippen molar-refractivity contribution in [3.8, 4) is 0 Å². The van der Waals surface area contributed by atoms with Crippen molar-refractivity contribution < 1.29 is 17.6 Å². The Labute approximate surface area is 135 Å². The molecule has 0 bridgehead atoms. The predicted octanol–water partition coefficient (Wildman–Crippen LogP) is 6.98. The van der Waals surface area contributed by atoms with Crippen molar-refractivity contribution in [1.29, 1.82) is 0 Å². The van der Waals surface area contributed by atoms with Crippen LogP contribution in [0.15, 0.2) is 0 Å². The van der Waals surface area contributed by atoms with Gasteiger partial charge in [0.2, 0.25) is 0 Å². The predicted molar refractivity (Wildman–Crippen MR) is 86.1 cm³/mol. The second-order valence-electron chi connectivity index (χ2n) is 7.75. The summed E-state index contributed by atoms with van der Waals surface area (Å²) in [6, 6.07) is 0. The van der Waals surface area contributed by atoms with Crippen molar-refractivity contribution in [2.24, 2.45) is 16.2 Å². The van der Waals surface area contributed by atoms with E-state index in [1.807, 2.05) is 0 Å². The zero-order chi connectivity index (χ0) is 16.2. The Morgan fingerprint density at radius 3 is 0.556 bits per heavy atom. The average molecular weight is 465 g/mol. The first-order valence-corrected chi connectivity index (χ1v) is 13.9. The molecule has 0 saturated heterocycles. The minimum absolute atomic E-state index is 0.250. The third-order valence-electron chi connectivity index (χ3n) is 0. The number of halogens is 2. The van der Waals surface area contributed by atoms with E-state index in [-0.39, 0.29) is 16.2 Å². The molecule has 0 nitrogen and oxygen atoms in total. The molecule has 0 aliphatic heterocycles. The average Bonchev–Trinajstić information content (AvgIpc) is 1.71. The molecule has 0 saturated carbocycles. The molecule has 0 spiro atoms. The van der Waals surface area contributed by atoms with Gasteiger partial charge in [-0.15, -0.1) is 0 Å².